The van der Waals surface area contributed by atoms with Crippen molar-refractivity contribution in [2.75, 3.05) is 19.8 Å². The third-order valence-electron chi connectivity index (χ3n) is 3.34. The second kappa shape index (κ2) is 8.61. The minimum absolute atomic E-state index is 0.0538. The zero-order chi connectivity index (χ0) is 17.5. The number of amides is 2. The molecule has 0 heterocycles. The van der Waals surface area contributed by atoms with Crippen molar-refractivity contribution in [1.29, 1.82) is 0 Å². The van der Waals surface area contributed by atoms with Crippen LogP contribution in [0.1, 0.15) is 19.4 Å². The van der Waals surface area contributed by atoms with Gasteiger partial charge in [-0.2, -0.15) is 13.2 Å². The molecule has 5 nitrogen and oxygen atoms in total. The van der Waals surface area contributed by atoms with Gasteiger partial charge >= 0.3 is 12.2 Å². The van der Waals surface area contributed by atoms with E-state index in [0.717, 1.165) is 6.07 Å². The van der Waals surface area contributed by atoms with Crippen LogP contribution in [0.2, 0.25) is 0 Å². The van der Waals surface area contributed by atoms with Crippen LogP contribution in [0.3, 0.4) is 0 Å². The van der Waals surface area contributed by atoms with Gasteiger partial charge in [-0.15, -0.1) is 0 Å². The van der Waals surface area contributed by atoms with E-state index in [1.54, 1.807) is 13.8 Å². The molecule has 0 aliphatic rings. The summed E-state index contributed by atoms with van der Waals surface area (Å²) in [4.78, 5) is 11.6. The lowest BCUT2D eigenvalue weighted by molar-refractivity contribution is -0.138. The number of aliphatic hydroxyl groups is 1. The van der Waals surface area contributed by atoms with Crippen molar-refractivity contribution < 1.29 is 27.8 Å². The highest BCUT2D eigenvalue weighted by molar-refractivity contribution is 5.74. The number of rotatable bonds is 7. The van der Waals surface area contributed by atoms with Crippen LogP contribution in [-0.4, -0.2) is 36.9 Å². The maximum absolute atomic E-state index is 12.8. The van der Waals surface area contributed by atoms with Crippen LogP contribution < -0.4 is 15.4 Å². The lowest BCUT2D eigenvalue weighted by atomic mass is 10.1. The van der Waals surface area contributed by atoms with Crippen molar-refractivity contribution in [2.45, 2.75) is 26.1 Å². The fourth-order valence-corrected chi connectivity index (χ4v) is 1.71. The van der Waals surface area contributed by atoms with Crippen molar-refractivity contribution >= 4 is 6.03 Å². The summed E-state index contributed by atoms with van der Waals surface area (Å²) in [6, 6.07) is 4.20. The molecule has 0 aliphatic carbocycles. The van der Waals surface area contributed by atoms with Crippen LogP contribution in [0.15, 0.2) is 24.3 Å². The van der Waals surface area contributed by atoms with E-state index in [4.69, 9.17) is 9.84 Å². The second-order valence-electron chi connectivity index (χ2n) is 5.19. The van der Waals surface area contributed by atoms with E-state index >= 15 is 0 Å². The number of alkyl halides is 3. The SMILES string of the molecule is CC(CO)C(C)NC(=O)NCCOc1ccccc1C(F)(F)F. The van der Waals surface area contributed by atoms with Gasteiger partial charge in [-0.25, -0.2) is 4.79 Å². The Morgan fingerprint density at radius 3 is 2.57 bits per heavy atom. The molecule has 0 saturated carbocycles. The standard InChI is InChI=1S/C15H21F3N2O3/c1-10(9-21)11(2)20-14(22)19-7-8-23-13-6-4-3-5-12(13)15(16,17)18/h3-6,10-11,21H,7-9H2,1-2H3,(H2,19,20,22). The van der Waals surface area contributed by atoms with Gasteiger partial charge < -0.3 is 20.5 Å². The number of hydrogen-bond acceptors (Lipinski definition) is 3. The summed E-state index contributed by atoms with van der Waals surface area (Å²) < 4.78 is 43.4. The highest BCUT2D eigenvalue weighted by Gasteiger charge is 2.33. The van der Waals surface area contributed by atoms with Crippen LogP contribution in [0, 0.1) is 5.92 Å². The number of ether oxygens (including phenoxy) is 1. The number of nitrogens with one attached hydrogen (secondary N) is 2. The van der Waals surface area contributed by atoms with Gasteiger partial charge in [-0.3, -0.25) is 0 Å². The van der Waals surface area contributed by atoms with Gasteiger partial charge in [0.2, 0.25) is 0 Å². The monoisotopic (exact) mass is 334 g/mol. The van der Waals surface area contributed by atoms with Crippen molar-refractivity contribution in [3.05, 3.63) is 29.8 Å². The predicted octanol–water partition coefficient (Wildman–Crippen LogP) is 2.40. The first-order chi connectivity index (χ1) is 10.8. The van der Waals surface area contributed by atoms with Crippen LogP contribution >= 0.6 is 0 Å². The van der Waals surface area contributed by atoms with Gasteiger partial charge in [0.05, 0.1) is 12.1 Å². The molecule has 3 N–H and O–H groups in total. The highest BCUT2D eigenvalue weighted by atomic mass is 19.4. The van der Waals surface area contributed by atoms with Gasteiger partial charge in [0.15, 0.2) is 0 Å². The van der Waals surface area contributed by atoms with Crippen LogP contribution in [0.25, 0.3) is 0 Å². The highest BCUT2D eigenvalue weighted by Crippen LogP contribution is 2.35. The molecule has 23 heavy (non-hydrogen) atoms. The van der Waals surface area contributed by atoms with Crippen molar-refractivity contribution in [2.24, 2.45) is 5.92 Å². The molecule has 8 heteroatoms. The number of carbonyl (C=O) groups excluding carboxylic acids is 1. The van der Waals surface area contributed by atoms with Gasteiger partial charge in [0, 0.05) is 12.6 Å². The third kappa shape index (κ3) is 6.35. The summed E-state index contributed by atoms with van der Waals surface area (Å²) in [6.07, 6.45) is -4.49. The van der Waals surface area contributed by atoms with E-state index in [9.17, 15) is 18.0 Å². The third-order valence-corrected chi connectivity index (χ3v) is 3.34. The first-order valence-corrected chi connectivity index (χ1v) is 7.20. The quantitative estimate of drug-likeness (QED) is 0.671. The number of hydrogen-bond donors (Lipinski definition) is 3. The van der Waals surface area contributed by atoms with Crippen LogP contribution in [0.4, 0.5) is 18.0 Å². The normalized spacial score (nSPS) is 14.0. The number of para-hydroxylation sites is 1. The molecule has 2 amide bonds. The number of carbonyl (C=O) groups is 1. The fraction of sp³-hybridized carbons (Fsp3) is 0.533. The topological polar surface area (TPSA) is 70.6 Å². The maximum atomic E-state index is 12.8. The van der Waals surface area contributed by atoms with E-state index in [1.807, 2.05) is 0 Å². The van der Waals surface area contributed by atoms with E-state index in [-0.39, 0.29) is 37.5 Å². The Bertz CT molecular complexity index is 509. The Morgan fingerprint density at radius 2 is 1.96 bits per heavy atom. The van der Waals surface area contributed by atoms with Gasteiger partial charge in [-0.1, -0.05) is 19.1 Å². The molecule has 0 saturated heterocycles. The molecular weight excluding hydrogens is 313 g/mol. The predicted molar refractivity (Wildman–Crippen MR) is 79.2 cm³/mol. The molecule has 2 atom stereocenters. The Kier molecular flexibility index (Phi) is 7.15. The molecule has 0 aliphatic heterocycles. The minimum atomic E-state index is -4.49. The molecule has 0 fully saturated rings. The van der Waals surface area contributed by atoms with E-state index < -0.39 is 17.8 Å². The minimum Gasteiger partial charge on any atom is -0.491 e. The van der Waals surface area contributed by atoms with Gasteiger partial charge in [-0.05, 0) is 25.0 Å². The molecule has 2 unspecified atom stereocenters. The number of benzene rings is 1. The zero-order valence-electron chi connectivity index (χ0n) is 13.0. The van der Waals surface area contributed by atoms with E-state index in [2.05, 4.69) is 10.6 Å². The van der Waals surface area contributed by atoms with Gasteiger partial charge in [0.25, 0.3) is 0 Å². The van der Waals surface area contributed by atoms with E-state index in [1.165, 1.54) is 18.2 Å². The Morgan fingerprint density at radius 1 is 1.30 bits per heavy atom. The van der Waals surface area contributed by atoms with Crippen LogP contribution in [-0.2, 0) is 6.18 Å². The average Bonchev–Trinajstić information content (AvgIpc) is 2.50. The number of halogens is 3. The van der Waals surface area contributed by atoms with Crippen LogP contribution in [0.5, 0.6) is 5.75 Å². The Labute approximate surface area is 132 Å². The number of aliphatic hydroxyl groups excluding tert-OH is 1. The number of urea groups is 1. The summed E-state index contributed by atoms with van der Waals surface area (Å²) in [5.74, 6) is -0.375. The first-order valence-electron chi connectivity index (χ1n) is 7.20. The summed E-state index contributed by atoms with van der Waals surface area (Å²) in [6.45, 7) is 3.43. The van der Waals surface area contributed by atoms with Crippen molar-refractivity contribution in [1.82, 2.24) is 10.6 Å². The average molecular weight is 334 g/mol. The Hall–Kier alpha value is -1.96. The summed E-state index contributed by atoms with van der Waals surface area (Å²) >= 11 is 0. The van der Waals surface area contributed by atoms with Crippen molar-refractivity contribution in [3.8, 4) is 5.75 Å². The second-order valence-corrected chi connectivity index (χ2v) is 5.19. The smallest absolute Gasteiger partial charge is 0.419 e. The molecule has 0 spiro atoms. The lowest BCUT2D eigenvalue weighted by Crippen LogP contribution is -2.45. The molecule has 1 aromatic rings. The Balaban J connectivity index is 2.40. The summed E-state index contributed by atoms with van der Waals surface area (Å²) in [5, 5.41) is 14.1. The summed E-state index contributed by atoms with van der Waals surface area (Å²) in [7, 11) is 0. The largest absolute Gasteiger partial charge is 0.491 e. The van der Waals surface area contributed by atoms with Crippen molar-refractivity contribution in [3.63, 3.8) is 0 Å². The molecule has 1 aromatic carbocycles. The molecule has 130 valence electrons. The maximum Gasteiger partial charge on any atom is 0.419 e. The molecule has 0 bridgehead atoms. The van der Waals surface area contributed by atoms with E-state index in [0.29, 0.717) is 0 Å². The molecular formula is C15H21F3N2O3. The van der Waals surface area contributed by atoms with Gasteiger partial charge in [0.1, 0.15) is 12.4 Å². The first kappa shape index (κ1) is 19.1. The molecule has 1 rings (SSSR count). The zero-order valence-corrected chi connectivity index (χ0v) is 13.0. The lowest BCUT2D eigenvalue weighted by Gasteiger charge is -2.19. The molecule has 0 aromatic heterocycles. The summed E-state index contributed by atoms with van der Waals surface area (Å²) in [5.41, 5.74) is -0.852. The fourth-order valence-electron chi connectivity index (χ4n) is 1.71. The molecule has 0 radical (unpaired) electrons.